The van der Waals surface area contributed by atoms with Crippen LogP contribution in [0.5, 0.6) is 11.5 Å². The molecule has 2 rings (SSSR count). The highest BCUT2D eigenvalue weighted by molar-refractivity contribution is 6.05. The van der Waals surface area contributed by atoms with Gasteiger partial charge in [-0.05, 0) is 24.3 Å². The highest BCUT2D eigenvalue weighted by Gasteiger charge is 2.28. The smallest absolute Gasteiger partial charge is 0.355 e. The first-order chi connectivity index (χ1) is 13.4. The first-order valence-electron chi connectivity index (χ1n) is 8.06. The number of alkyl halides is 2. The Labute approximate surface area is 160 Å². The Hall–Kier alpha value is -3.36. The van der Waals surface area contributed by atoms with Crippen molar-refractivity contribution < 1.29 is 37.3 Å². The van der Waals surface area contributed by atoms with E-state index in [9.17, 15) is 18.4 Å². The summed E-state index contributed by atoms with van der Waals surface area (Å²) in [6, 6.07) is 4.43. The number of hydrogen-bond acceptors (Lipinski definition) is 7. The number of carbonyl (C=O) groups is 2. The minimum absolute atomic E-state index is 0.0173. The molecule has 0 spiro atoms. The molecule has 0 radical (unpaired) electrons. The van der Waals surface area contributed by atoms with Crippen LogP contribution in [0.4, 0.5) is 14.5 Å². The van der Waals surface area contributed by atoms with E-state index in [1.54, 1.807) is 12.2 Å². The molecule has 7 nitrogen and oxygen atoms in total. The van der Waals surface area contributed by atoms with Gasteiger partial charge in [-0.15, -0.1) is 0 Å². The zero-order chi connectivity index (χ0) is 20.7. The van der Waals surface area contributed by atoms with E-state index in [0.29, 0.717) is 5.69 Å². The fourth-order valence-electron chi connectivity index (χ4n) is 2.44. The molecule has 1 aromatic rings. The maximum absolute atomic E-state index is 12.4. The third-order valence-electron chi connectivity index (χ3n) is 3.68. The summed E-state index contributed by atoms with van der Waals surface area (Å²) in [4.78, 5) is 25.9. The molecule has 1 heterocycles. The SMILES string of the molecule is COC(=O)C1=C(C(=O)OC)N(c2ccc(OCC(F)F)c(OC)c2)C=CC=C1. The molecular formula is C19H19F2NO6. The first kappa shape index (κ1) is 20.9. The van der Waals surface area contributed by atoms with E-state index < -0.39 is 25.0 Å². The standard InChI is InChI=1S/C19H19F2NO6/c1-25-15-10-12(7-8-14(15)28-11-16(20)21)22-9-5-4-6-13(18(23)26-2)17(22)19(24)27-3/h4-10,16H,11H2,1-3H3. The second kappa shape index (κ2) is 9.54. The van der Waals surface area contributed by atoms with Gasteiger partial charge in [-0.2, -0.15) is 0 Å². The highest BCUT2D eigenvalue weighted by Crippen LogP contribution is 2.35. The van der Waals surface area contributed by atoms with Crippen molar-refractivity contribution in [3.8, 4) is 11.5 Å². The van der Waals surface area contributed by atoms with Crippen molar-refractivity contribution in [2.24, 2.45) is 0 Å². The highest BCUT2D eigenvalue weighted by atomic mass is 19.3. The number of halogens is 2. The summed E-state index contributed by atoms with van der Waals surface area (Å²) in [5, 5.41) is 0. The van der Waals surface area contributed by atoms with E-state index >= 15 is 0 Å². The van der Waals surface area contributed by atoms with Gasteiger partial charge in [0.15, 0.2) is 11.5 Å². The van der Waals surface area contributed by atoms with Gasteiger partial charge < -0.3 is 23.8 Å². The quantitative estimate of drug-likeness (QED) is 0.657. The number of carbonyl (C=O) groups excluding carboxylic acids is 2. The summed E-state index contributed by atoms with van der Waals surface area (Å²) in [6.07, 6.45) is 3.48. The molecule has 0 N–H and O–H groups in total. The Kier molecular flexibility index (Phi) is 7.14. The van der Waals surface area contributed by atoms with Crippen LogP contribution in [-0.4, -0.2) is 46.3 Å². The van der Waals surface area contributed by atoms with E-state index in [-0.39, 0.29) is 22.8 Å². The number of anilines is 1. The minimum atomic E-state index is -2.64. The van der Waals surface area contributed by atoms with E-state index in [1.165, 1.54) is 56.7 Å². The van der Waals surface area contributed by atoms with E-state index in [4.69, 9.17) is 18.9 Å². The zero-order valence-corrected chi connectivity index (χ0v) is 15.5. The largest absolute Gasteiger partial charge is 0.493 e. The van der Waals surface area contributed by atoms with Crippen molar-refractivity contribution in [3.63, 3.8) is 0 Å². The molecule has 0 aromatic heterocycles. The average molecular weight is 395 g/mol. The van der Waals surface area contributed by atoms with Crippen molar-refractivity contribution in [3.05, 3.63) is 53.9 Å². The van der Waals surface area contributed by atoms with Crippen molar-refractivity contribution in [1.29, 1.82) is 0 Å². The van der Waals surface area contributed by atoms with Crippen LogP contribution in [0.3, 0.4) is 0 Å². The number of ether oxygens (including phenoxy) is 4. The summed E-state index contributed by atoms with van der Waals surface area (Å²) in [5.41, 5.74) is 0.307. The van der Waals surface area contributed by atoms with Gasteiger partial charge in [0, 0.05) is 18.0 Å². The predicted octanol–water partition coefficient (Wildman–Crippen LogP) is 2.83. The lowest BCUT2D eigenvalue weighted by molar-refractivity contribution is -0.139. The van der Waals surface area contributed by atoms with Crippen LogP contribution in [-0.2, 0) is 19.1 Å². The molecule has 1 aromatic carbocycles. The summed E-state index contributed by atoms with van der Waals surface area (Å²) in [6.45, 7) is -0.789. The zero-order valence-electron chi connectivity index (χ0n) is 15.5. The van der Waals surface area contributed by atoms with Crippen LogP contribution in [0.15, 0.2) is 53.9 Å². The topological polar surface area (TPSA) is 74.3 Å². The van der Waals surface area contributed by atoms with Crippen molar-refractivity contribution in [1.82, 2.24) is 0 Å². The number of rotatable bonds is 7. The van der Waals surface area contributed by atoms with Crippen LogP contribution < -0.4 is 14.4 Å². The second-order valence-electron chi connectivity index (χ2n) is 5.35. The summed E-state index contributed by atoms with van der Waals surface area (Å²) >= 11 is 0. The van der Waals surface area contributed by atoms with Gasteiger partial charge >= 0.3 is 11.9 Å². The average Bonchev–Trinajstić information content (AvgIpc) is 2.93. The molecule has 9 heteroatoms. The number of hydrogen-bond donors (Lipinski definition) is 0. The lowest BCUT2D eigenvalue weighted by atomic mass is 10.1. The Morgan fingerprint density at radius 2 is 1.75 bits per heavy atom. The molecule has 1 aliphatic rings. The van der Waals surface area contributed by atoms with Gasteiger partial charge in [0.25, 0.3) is 6.43 Å². The lowest BCUT2D eigenvalue weighted by Gasteiger charge is -2.24. The van der Waals surface area contributed by atoms with Crippen molar-refractivity contribution in [2.45, 2.75) is 6.43 Å². The molecule has 1 aliphatic heterocycles. The molecule has 0 saturated heterocycles. The monoisotopic (exact) mass is 395 g/mol. The van der Waals surface area contributed by atoms with Gasteiger partial charge in [0.2, 0.25) is 0 Å². The van der Waals surface area contributed by atoms with E-state index in [2.05, 4.69) is 0 Å². The molecule has 150 valence electrons. The maximum Gasteiger partial charge on any atom is 0.355 e. The summed E-state index contributed by atoms with van der Waals surface area (Å²) in [7, 11) is 3.73. The third-order valence-corrected chi connectivity index (χ3v) is 3.68. The van der Waals surface area contributed by atoms with Crippen molar-refractivity contribution >= 4 is 17.6 Å². The Morgan fingerprint density at radius 1 is 1.04 bits per heavy atom. The van der Waals surface area contributed by atoms with Gasteiger partial charge in [-0.3, -0.25) is 0 Å². The Balaban J connectivity index is 2.53. The van der Waals surface area contributed by atoms with Crippen molar-refractivity contribution in [2.75, 3.05) is 32.8 Å². The van der Waals surface area contributed by atoms with E-state index in [1.807, 2.05) is 0 Å². The Morgan fingerprint density at radius 3 is 2.36 bits per heavy atom. The molecule has 0 aliphatic carbocycles. The molecule has 0 atom stereocenters. The van der Waals surface area contributed by atoms with Gasteiger partial charge in [-0.25, -0.2) is 18.4 Å². The Bertz CT molecular complexity index is 832. The van der Waals surface area contributed by atoms with Gasteiger partial charge in [0.05, 0.1) is 26.9 Å². The number of benzene rings is 1. The minimum Gasteiger partial charge on any atom is -0.493 e. The summed E-state index contributed by atoms with van der Waals surface area (Å²) < 4.78 is 44.6. The predicted molar refractivity (Wildman–Crippen MR) is 96.3 cm³/mol. The van der Waals surface area contributed by atoms with Crippen LogP contribution >= 0.6 is 0 Å². The van der Waals surface area contributed by atoms with E-state index in [0.717, 1.165) is 0 Å². The molecule has 0 bridgehead atoms. The number of methoxy groups -OCH3 is 3. The third kappa shape index (κ3) is 4.67. The van der Waals surface area contributed by atoms with Gasteiger partial charge in [0.1, 0.15) is 12.3 Å². The number of nitrogens with zero attached hydrogens (tertiary/aromatic N) is 1. The lowest BCUT2D eigenvalue weighted by Crippen LogP contribution is -2.27. The van der Waals surface area contributed by atoms with Crippen LogP contribution in [0.2, 0.25) is 0 Å². The molecule has 0 amide bonds. The fraction of sp³-hybridized carbons (Fsp3) is 0.263. The maximum atomic E-state index is 12.4. The first-order valence-corrected chi connectivity index (χ1v) is 8.06. The molecule has 28 heavy (non-hydrogen) atoms. The number of esters is 2. The molecular weight excluding hydrogens is 376 g/mol. The van der Waals surface area contributed by atoms with Crippen LogP contribution in [0.25, 0.3) is 0 Å². The fourth-order valence-corrected chi connectivity index (χ4v) is 2.44. The molecule has 0 saturated carbocycles. The summed E-state index contributed by atoms with van der Waals surface area (Å²) in [5.74, 6) is -1.21. The van der Waals surface area contributed by atoms with Crippen LogP contribution in [0.1, 0.15) is 0 Å². The normalized spacial score (nSPS) is 13.4. The molecule has 0 fully saturated rings. The molecule has 0 unspecified atom stereocenters. The second-order valence-corrected chi connectivity index (χ2v) is 5.35. The van der Waals surface area contributed by atoms with Crippen LogP contribution in [0, 0.1) is 0 Å². The van der Waals surface area contributed by atoms with Gasteiger partial charge in [-0.1, -0.05) is 6.08 Å². The number of allylic oxidation sites excluding steroid dienone is 2.